The van der Waals surface area contributed by atoms with Crippen LogP contribution < -0.4 is 5.32 Å². The molecule has 0 aliphatic carbocycles. The molecule has 1 fully saturated rings. The van der Waals surface area contributed by atoms with Crippen molar-refractivity contribution in [1.82, 2.24) is 5.32 Å². The maximum atomic E-state index is 13.7. The van der Waals surface area contributed by atoms with Crippen molar-refractivity contribution in [3.8, 4) is 0 Å². The Labute approximate surface area is 110 Å². The van der Waals surface area contributed by atoms with Crippen LogP contribution in [0.25, 0.3) is 0 Å². The molecule has 4 heteroatoms. The van der Waals surface area contributed by atoms with Crippen molar-refractivity contribution >= 4 is 15.9 Å². The minimum absolute atomic E-state index is 0.0144. The predicted octanol–water partition coefficient (Wildman–Crippen LogP) is 3.28. The second-order valence-corrected chi connectivity index (χ2v) is 5.99. The summed E-state index contributed by atoms with van der Waals surface area (Å²) in [6, 6.07) is 5.20. The van der Waals surface area contributed by atoms with E-state index in [2.05, 4.69) is 28.2 Å². The van der Waals surface area contributed by atoms with Gasteiger partial charge in [-0.15, -0.1) is 0 Å². The van der Waals surface area contributed by atoms with Gasteiger partial charge in [0.15, 0.2) is 0 Å². The molecule has 0 saturated carbocycles. The molecule has 1 N–H and O–H groups in total. The number of rotatable bonds is 4. The smallest absolute Gasteiger partial charge is 0.129 e. The van der Waals surface area contributed by atoms with Crippen LogP contribution in [0.1, 0.15) is 25.5 Å². The van der Waals surface area contributed by atoms with Crippen molar-refractivity contribution in [2.45, 2.75) is 19.9 Å². The highest BCUT2D eigenvalue weighted by atomic mass is 79.9. The van der Waals surface area contributed by atoms with Gasteiger partial charge in [-0.3, -0.25) is 0 Å². The summed E-state index contributed by atoms with van der Waals surface area (Å²) in [5.74, 6) is -0.172. The molecular weight excluding hydrogens is 285 g/mol. The minimum Gasteiger partial charge on any atom is -0.380 e. The molecule has 0 aromatic heterocycles. The Kier molecular flexibility index (Phi) is 3.85. The third-order valence-corrected chi connectivity index (χ3v) is 3.66. The first-order valence-corrected chi connectivity index (χ1v) is 6.56. The lowest BCUT2D eigenvalue weighted by Gasteiger charge is -2.39. The lowest BCUT2D eigenvalue weighted by atomic mass is 9.88. The van der Waals surface area contributed by atoms with Crippen molar-refractivity contribution in [3.05, 3.63) is 34.1 Å². The molecular formula is C13H17BrFNO. The van der Waals surface area contributed by atoms with Crippen LogP contribution in [0.3, 0.4) is 0 Å². The van der Waals surface area contributed by atoms with Crippen molar-refractivity contribution in [3.63, 3.8) is 0 Å². The third kappa shape index (κ3) is 3.06. The SMILES string of the molecule is CC(NCC1(C)COC1)c1ccc(Br)cc1F. The number of nitrogens with one attached hydrogen (secondary N) is 1. The molecule has 2 nitrogen and oxygen atoms in total. The fourth-order valence-electron chi connectivity index (χ4n) is 1.91. The summed E-state index contributed by atoms with van der Waals surface area (Å²) in [5, 5.41) is 3.37. The molecule has 0 spiro atoms. The quantitative estimate of drug-likeness (QED) is 0.921. The first-order valence-electron chi connectivity index (χ1n) is 5.76. The lowest BCUT2D eigenvalue weighted by molar-refractivity contribution is -0.0999. The fourth-order valence-corrected chi connectivity index (χ4v) is 2.25. The summed E-state index contributed by atoms with van der Waals surface area (Å²) in [6.07, 6.45) is 0. The van der Waals surface area contributed by atoms with Gasteiger partial charge in [0.2, 0.25) is 0 Å². The van der Waals surface area contributed by atoms with Crippen LogP contribution in [0.5, 0.6) is 0 Å². The van der Waals surface area contributed by atoms with Gasteiger partial charge in [0.05, 0.1) is 13.2 Å². The van der Waals surface area contributed by atoms with Crippen LogP contribution in [0.2, 0.25) is 0 Å². The van der Waals surface area contributed by atoms with E-state index in [1.807, 2.05) is 19.1 Å². The van der Waals surface area contributed by atoms with E-state index in [0.29, 0.717) is 5.56 Å². The van der Waals surface area contributed by atoms with Gasteiger partial charge >= 0.3 is 0 Å². The Bertz CT molecular complexity index is 406. The lowest BCUT2D eigenvalue weighted by Crippen LogP contribution is -2.47. The Morgan fingerprint density at radius 3 is 2.76 bits per heavy atom. The Morgan fingerprint density at radius 1 is 1.53 bits per heavy atom. The second kappa shape index (κ2) is 5.04. The first kappa shape index (κ1) is 13.0. The topological polar surface area (TPSA) is 21.3 Å². The molecule has 1 unspecified atom stereocenters. The van der Waals surface area contributed by atoms with Crippen molar-refractivity contribution < 1.29 is 9.13 Å². The zero-order valence-electron chi connectivity index (χ0n) is 10.1. The Balaban J connectivity index is 1.96. The van der Waals surface area contributed by atoms with Crippen molar-refractivity contribution in [2.24, 2.45) is 5.41 Å². The average Bonchev–Trinajstić information content (AvgIpc) is 2.23. The third-order valence-electron chi connectivity index (χ3n) is 3.17. The van der Waals surface area contributed by atoms with E-state index in [4.69, 9.17) is 4.74 Å². The highest BCUT2D eigenvalue weighted by Gasteiger charge is 2.33. The monoisotopic (exact) mass is 301 g/mol. The molecule has 94 valence electrons. The van der Waals surface area contributed by atoms with Crippen LogP contribution in [-0.4, -0.2) is 19.8 Å². The molecule has 1 aromatic rings. The molecule has 1 aromatic carbocycles. The molecule has 1 saturated heterocycles. The fraction of sp³-hybridized carbons (Fsp3) is 0.538. The summed E-state index contributed by atoms with van der Waals surface area (Å²) in [6.45, 7) is 6.58. The summed E-state index contributed by atoms with van der Waals surface area (Å²) >= 11 is 3.26. The normalized spacial score (nSPS) is 19.8. The van der Waals surface area contributed by atoms with Gasteiger partial charge < -0.3 is 10.1 Å². The molecule has 1 aliphatic rings. The molecule has 0 amide bonds. The Hall–Kier alpha value is -0.450. The summed E-state index contributed by atoms with van der Waals surface area (Å²) in [7, 11) is 0. The van der Waals surface area contributed by atoms with E-state index >= 15 is 0 Å². The number of hydrogen-bond donors (Lipinski definition) is 1. The van der Waals surface area contributed by atoms with Crippen LogP contribution >= 0.6 is 15.9 Å². The molecule has 1 heterocycles. The van der Waals surface area contributed by atoms with E-state index in [9.17, 15) is 4.39 Å². The number of benzene rings is 1. The van der Waals surface area contributed by atoms with E-state index in [-0.39, 0.29) is 17.3 Å². The average molecular weight is 302 g/mol. The van der Waals surface area contributed by atoms with Gasteiger partial charge in [-0.1, -0.05) is 28.9 Å². The molecule has 1 atom stereocenters. The largest absolute Gasteiger partial charge is 0.380 e. The van der Waals surface area contributed by atoms with Crippen LogP contribution in [0.15, 0.2) is 22.7 Å². The van der Waals surface area contributed by atoms with E-state index < -0.39 is 0 Å². The highest BCUT2D eigenvalue weighted by molar-refractivity contribution is 9.10. The summed E-state index contributed by atoms with van der Waals surface area (Å²) < 4.78 is 19.7. The molecule has 17 heavy (non-hydrogen) atoms. The maximum absolute atomic E-state index is 13.7. The first-order chi connectivity index (χ1) is 8.00. The number of hydrogen-bond acceptors (Lipinski definition) is 2. The van der Waals surface area contributed by atoms with Gasteiger partial charge in [-0.25, -0.2) is 4.39 Å². The molecule has 1 aliphatic heterocycles. The van der Waals surface area contributed by atoms with Gasteiger partial charge in [-0.05, 0) is 19.1 Å². The van der Waals surface area contributed by atoms with Crippen molar-refractivity contribution in [2.75, 3.05) is 19.8 Å². The summed E-state index contributed by atoms with van der Waals surface area (Å²) in [5.41, 5.74) is 0.914. The predicted molar refractivity (Wildman–Crippen MR) is 69.4 cm³/mol. The van der Waals surface area contributed by atoms with Gasteiger partial charge in [-0.2, -0.15) is 0 Å². The number of ether oxygens (including phenoxy) is 1. The van der Waals surface area contributed by atoms with E-state index in [0.717, 1.165) is 24.2 Å². The van der Waals surface area contributed by atoms with Gasteiger partial charge in [0.25, 0.3) is 0 Å². The highest BCUT2D eigenvalue weighted by Crippen LogP contribution is 2.27. The number of halogens is 2. The maximum Gasteiger partial charge on any atom is 0.129 e. The molecule has 0 radical (unpaired) electrons. The zero-order valence-corrected chi connectivity index (χ0v) is 11.7. The van der Waals surface area contributed by atoms with Gasteiger partial charge in [0.1, 0.15) is 5.82 Å². The molecule has 0 bridgehead atoms. The summed E-state index contributed by atoms with van der Waals surface area (Å²) in [4.78, 5) is 0. The van der Waals surface area contributed by atoms with E-state index in [1.165, 1.54) is 6.07 Å². The van der Waals surface area contributed by atoms with Crippen LogP contribution in [0, 0.1) is 11.2 Å². The van der Waals surface area contributed by atoms with Gasteiger partial charge in [0, 0.05) is 28.0 Å². The zero-order chi connectivity index (χ0) is 12.5. The van der Waals surface area contributed by atoms with Crippen molar-refractivity contribution in [1.29, 1.82) is 0 Å². The van der Waals surface area contributed by atoms with E-state index in [1.54, 1.807) is 0 Å². The standard InChI is InChI=1S/C13H17BrFNO/c1-9(16-6-13(2)7-17-8-13)11-4-3-10(14)5-12(11)15/h3-5,9,16H,6-8H2,1-2H3. The van der Waals surface area contributed by atoms with Crippen LogP contribution in [-0.2, 0) is 4.74 Å². The minimum atomic E-state index is -0.172. The molecule has 2 rings (SSSR count). The van der Waals surface area contributed by atoms with Crippen LogP contribution in [0.4, 0.5) is 4.39 Å². The second-order valence-electron chi connectivity index (χ2n) is 5.07. The Morgan fingerprint density at radius 2 is 2.24 bits per heavy atom.